The smallest absolute Gasteiger partial charge is 0.238 e. The van der Waals surface area contributed by atoms with Gasteiger partial charge in [0.1, 0.15) is 0 Å². The molecule has 0 amide bonds. The number of benzene rings is 1. The van der Waals surface area contributed by atoms with E-state index in [0.717, 1.165) is 30.1 Å². The van der Waals surface area contributed by atoms with E-state index in [4.69, 9.17) is 9.66 Å². The number of rotatable bonds is 4. The SMILES string of the molecule is CC1(C)[C@@H](c2ccc(S(N)(=O)=O)cc2)[C@@H]1c1noc(C2CCCC2)n1. The lowest BCUT2D eigenvalue weighted by molar-refractivity contribution is 0.349. The summed E-state index contributed by atoms with van der Waals surface area (Å²) in [5.41, 5.74) is 1.09. The average molecular weight is 361 g/mol. The zero-order chi connectivity index (χ0) is 17.8. The predicted octanol–water partition coefficient (Wildman–Crippen LogP) is 3.28. The van der Waals surface area contributed by atoms with E-state index in [9.17, 15) is 8.42 Å². The molecule has 0 aliphatic heterocycles. The molecule has 1 aromatic heterocycles. The van der Waals surface area contributed by atoms with Gasteiger partial charge in [-0.15, -0.1) is 0 Å². The third-order valence-electron chi connectivity index (χ3n) is 5.84. The number of sulfonamides is 1. The molecule has 2 aromatic rings. The Bertz CT molecular complexity index is 881. The molecule has 25 heavy (non-hydrogen) atoms. The van der Waals surface area contributed by atoms with E-state index in [-0.39, 0.29) is 22.1 Å². The topological polar surface area (TPSA) is 99.1 Å². The Morgan fingerprint density at radius 3 is 2.36 bits per heavy atom. The number of aromatic nitrogens is 2. The molecule has 0 unspecified atom stereocenters. The first-order valence-corrected chi connectivity index (χ1v) is 10.3. The van der Waals surface area contributed by atoms with Gasteiger partial charge < -0.3 is 4.52 Å². The lowest BCUT2D eigenvalue weighted by atomic mass is 10.0. The molecule has 4 rings (SSSR count). The van der Waals surface area contributed by atoms with Gasteiger partial charge in [-0.2, -0.15) is 4.98 Å². The minimum atomic E-state index is -3.67. The Morgan fingerprint density at radius 1 is 1.12 bits per heavy atom. The molecular weight excluding hydrogens is 338 g/mol. The summed E-state index contributed by atoms with van der Waals surface area (Å²) in [7, 11) is -3.67. The molecule has 0 spiro atoms. The lowest BCUT2D eigenvalue weighted by Gasteiger charge is -2.04. The molecule has 1 aromatic carbocycles. The molecule has 134 valence electrons. The summed E-state index contributed by atoms with van der Waals surface area (Å²) in [4.78, 5) is 4.82. The van der Waals surface area contributed by atoms with Crippen LogP contribution in [0.3, 0.4) is 0 Å². The van der Waals surface area contributed by atoms with Gasteiger partial charge in [0.2, 0.25) is 15.9 Å². The second-order valence-electron chi connectivity index (χ2n) is 7.86. The molecule has 1 heterocycles. The number of hydrogen-bond acceptors (Lipinski definition) is 5. The van der Waals surface area contributed by atoms with Crippen LogP contribution >= 0.6 is 0 Å². The van der Waals surface area contributed by atoms with Gasteiger partial charge in [0.15, 0.2) is 5.82 Å². The highest BCUT2D eigenvalue weighted by Crippen LogP contribution is 2.69. The standard InChI is InChI=1S/C18H23N3O3S/c1-18(2)14(11-7-9-13(10-8-11)25(19,22)23)15(18)16-20-17(24-21-16)12-5-3-4-6-12/h7-10,12,14-15H,3-6H2,1-2H3,(H2,19,22,23)/t14-,15+/m0/s1. The van der Waals surface area contributed by atoms with Crippen LogP contribution in [0, 0.1) is 5.41 Å². The van der Waals surface area contributed by atoms with E-state index >= 15 is 0 Å². The lowest BCUT2D eigenvalue weighted by Crippen LogP contribution is -2.11. The fraction of sp³-hybridized carbons (Fsp3) is 0.556. The normalized spacial score (nSPS) is 26.0. The Balaban J connectivity index is 1.57. The highest BCUT2D eigenvalue weighted by Gasteiger charge is 2.61. The first kappa shape index (κ1) is 16.7. The first-order chi connectivity index (χ1) is 11.8. The Morgan fingerprint density at radius 2 is 1.76 bits per heavy atom. The van der Waals surface area contributed by atoms with Gasteiger partial charge in [-0.1, -0.05) is 44.0 Å². The van der Waals surface area contributed by atoms with E-state index in [1.54, 1.807) is 12.1 Å². The Hall–Kier alpha value is -1.73. The van der Waals surface area contributed by atoms with Crippen molar-refractivity contribution < 1.29 is 12.9 Å². The molecule has 0 saturated heterocycles. The van der Waals surface area contributed by atoms with Crippen molar-refractivity contribution in [2.75, 3.05) is 0 Å². The average Bonchev–Trinajstić information content (AvgIpc) is 3.03. The zero-order valence-electron chi connectivity index (χ0n) is 14.5. The summed E-state index contributed by atoms with van der Waals surface area (Å²) in [5, 5.41) is 9.42. The van der Waals surface area contributed by atoms with Crippen LogP contribution < -0.4 is 5.14 Å². The van der Waals surface area contributed by atoms with Crippen LogP contribution in [0.4, 0.5) is 0 Å². The summed E-state index contributed by atoms with van der Waals surface area (Å²) in [6.45, 7) is 4.36. The molecule has 0 bridgehead atoms. The molecule has 2 aliphatic rings. The fourth-order valence-corrected chi connectivity index (χ4v) is 4.83. The monoisotopic (exact) mass is 361 g/mol. The van der Waals surface area contributed by atoms with Gasteiger partial charge in [-0.25, -0.2) is 13.6 Å². The quantitative estimate of drug-likeness (QED) is 0.901. The summed E-state index contributed by atoms with van der Waals surface area (Å²) < 4.78 is 28.4. The van der Waals surface area contributed by atoms with Crippen LogP contribution in [-0.2, 0) is 10.0 Å². The molecule has 0 radical (unpaired) electrons. The van der Waals surface area contributed by atoms with Crippen LogP contribution in [0.2, 0.25) is 0 Å². The zero-order valence-corrected chi connectivity index (χ0v) is 15.3. The second-order valence-corrected chi connectivity index (χ2v) is 9.42. The van der Waals surface area contributed by atoms with E-state index in [2.05, 4.69) is 24.0 Å². The maximum absolute atomic E-state index is 11.4. The number of nitrogens with zero attached hydrogens (tertiary/aromatic N) is 2. The van der Waals surface area contributed by atoms with Crippen molar-refractivity contribution in [3.8, 4) is 0 Å². The Labute approximate surface area is 147 Å². The van der Waals surface area contributed by atoms with E-state index in [1.165, 1.54) is 12.8 Å². The van der Waals surface area contributed by atoms with Crippen molar-refractivity contribution in [1.29, 1.82) is 0 Å². The fourth-order valence-electron chi connectivity index (χ4n) is 4.32. The van der Waals surface area contributed by atoms with Gasteiger partial charge in [0.25, 0.3) is 0 Å². The van der Waals surface area contributed by atoms with E-state index in [1.807, 2.05) is 12.1 Å². The van der Waals surface area contributed by atoms with Crippen LogP contribution in [0.15, 0.2) is 33.7 Å². The molecule has 2 aliphatic carbocycles. The summed E-state index contributed by atoms with van der Waals surface area (Å²) in [6, 6.07) is 6.81. The molecule has 2 N–H and O–H groups in total. The van der Waals surface area contributed by atoms with Crippen molar-refractivity contribution in [3.05, 3.63) is 41.5 Å². The van der Waals surface area contributed by atoms with Crippen molar-refractivity contribution in [2.24, 2.45) is 10.6 Å². The van der Waals surface area contributed by atoms with Crippen molar-refractivity contribution in [2.45, 2.75) is 62.2 Å². The predicted molar refractivity (Wildman–Crippen MR) is 92.6 cm³/mol. The molecule has 2 atom stereocenters. The van der Waals surface area contributed by atoms with E-state index < -0.39 is 10.0 Å². The number of nitrogens with two attached hydrogens (primary N) is 1. The highest BCUT2D eigenvalue weighted by molar-refractivity contribution is 7.89. The van der Waals surface area contributed by atoms with Crippen molar-refractivity contribution in [3.63, 3.8) is 0 Å². The van der Waals surface area contributed by atoms with Crippen LogP contribution in [-0.4, -0.2) is 18.6 Å². The second kappa shape index (κ2) is 5.64. The highest BCUT2D eigenvalue weighted by atomic mass is 32.2. The number of primary sulfonamides is 1. The molecular formula is C18H23N3O3S. The molecule has 2 saturated carbocycles. The van der Waals surface area contributed by atoms with Gasteiger partial charge >= 0.3 is 0 Å². The summed E-state index contributed by atoms with van der Waals surface area (Å²) in [5.74, 6) is 2.39. The van der Waals surface area contributed by atoms with Crippen LogP contribution in [0.5, 0.6) is 0 Å². The first-order valence-electron chi connectivity index (χ1n) is 8.75. The number of hydrogen-bond donors (Lipinski definition) is 1. The summed E-state index contributed by atoms with van der Waals surface area (Å²) >= 11 is 0. The van der Waals surface area contributed by atoms with Crippen molar-refractivity contribution >= 4 is 10.0 Å². The maximum Gasteiger partial charge on any atom is 0.238 e. The molecule has 7 heteroatoms. The molecule has 6 nitrogen and oxygen atoms in total. The third kappa shape index (κ3) is 2.89. The van der Waals surface area contributed by atoms with Gasteiger partial charge in [-0.05, 0) is 36.0 Å². The van der Waals surface area contributed by atoms with Crippen LogP contribution in [0.1, 0.15) is 74.6 Å². The minimum Gasteiger partial charge on any atom is -0.339 e. The van der Waals surface area contributed by atoms with Gasteiger partial charge in [0, 0.05) is 17.8 Å². The van der Waals surface area contributed by atoms with Gasteiger partial charge in [-0.3, -0.25) is 0 Å². The van der Waals surface area contributed by atoms with Crippen LogP contribution in [0.25, 0.3) is 0 Å². The molecule has 2 fully saturated rings. The summed E-state index contributed by atoms with van der Waals surface area (Å²) in [6.07, 6.45) is 4.73. The maximum atomic E-state index is 11.4. The third-order valence-corrected chi connectivity index (χ3v) is 6.76. The van der Waals surface area contributed by atoms with Crippen molar-refractivity contribution in [1.82, 2.24) is 10.1 Å². The Kier molecular flexibility index (Phi) is 3.77. The minimum absolute atomic E-state index is 0.0138. The van der Waals surface area contributed by atoms with Gasteiger partial charge in [0.05, 0.1) is 4.90 Å². The largest absolute Gasteiger partial charge is 0.339 e. The van der Waals surface area contributed by atoms with E-state index in [0.29, 0.717) is 5.92 Å².